The first kappa shape index (κ1) is 15.0. The van der Waals surface area contributed by atoms with Gasteiger partial charge in [0.2, 0.25) is 0 Å². The summed E-state index contributed by atoms with van der Waals surface area (Å²) in [6, 6.07) is 19.1. The van der Waals surface area contributed by atoms with E-state index < -0.39 is 0 Å². The second-order valence-electron chi connectivity index (χ2n) is 4.72. The molecule has 2 aromatic rings. The van der Waals surface area contributed by atoms with Crippen LogP contribution in [0.3, 0.4) is 0 Å². The molecular weight excluding hydrogens is 312 g/mol. The molecule has 22 heavy (non-hydrogen) atoms. The lowest BCUT2D eigenvalue weighted by molar-refractivity contribution is -0.113. The van der Waals surface area contributed by atoms with Crippen LogP contribution in [0.4, 0.5) is 5.69 Å². The number of hydrogen-bond donors (Lipinski definition) is 1. The molecule has 110 valence electrons. The number of thioether (sulfide) groups is 1. The molecular formula is C17H14N2OS2. The van der Waals surface area contributed by atoms with Crippen molar-refractivity contribution in [2.24, 2.45) is 5.73 Å². The maximum absolute atomic E-state index is 12.8. The van der Waals surface area contributed by atoms with Gasteiger partial charge >= 0.3 is 0 Å². The van der Waals surface area contributed by atoms with Crippen LogP contribution >= 0.6 is 24.0 Å². The number of thiocarbonyl (C=S) groups is 1. The number of nitrogens with two attached hydrogens (primary N) is 1. The number of anilines is 1. The van der Waals surface area contributed by atoms with Crippen LogP contribution in [0.15, 0.2) is 65.6 Å². The molecule has 1 aliphatic heterocycles. The summed E-state index contributed by atoms with van der Waals surface area (Å²) in [5, 5.41) is 0. The van der Waals surface area contributed by atoms with E-state index in [1.54, 1.807) is 4.90 Å². The smallest absolute Gasteiger partial charge is 0.271 e. The van der Waals surface area contributed by atoms with E-state index in [0.29, 0.717) is 15.8 Å². The number of hydrogen-bond acceptors (Lipinski definition) is 4. The van der Waals surface area contributed by atoms with E-state index in [1.807, 2.05) is 60.7 Å². The number of rotatable bonds is 3. The van der Waals surface area contributed by atoms with Gasteiger partial charge in [-0.15, -0.1) is 0 Å². The monoisotopic (exact) mass is 326 g/mol. The van der Waals surface area contributed by atoms with Gasteiger partial charge in [-0.05, 0) is 23.3 Å². The van der Waals surface area contributed by atoms with Crippen molar-refractivity contribution in [3.63, 3.8) is 0 Å². The molecule has 0 aromatic heterocycles. The molecule has 5 heteroatoms. The predicted molar refractivity (Wildman–Crippen MR) is 96.5 cm³/mol. The second-order valence-corrected chi connectivity index (χ2v) is 6.37. The lowest BCUT2D eigenvalue weighted by Crippen LogP contribution is -2.27. The molecule has 2 N–H and O–H groups in total. The normalized spacial score (nSPS) is 17.0. The van der Waals surface area contributed by atoms with Gasteiger partial charge in [0.15, 0.2) is 4.32 Å². The zero-order valence-electron chi connectivity index (χ0n) is 11.7. The third kappa shape index (κ3) is 2.70. The first-order chi connectivity index (χ1) is 10.7. The molecule has 3 nitrogen and oxygen atoms in total. The quantitative estimate of drug-likeness (QED) is 0.693. The van der Waals surface area contributed by atoms with Gasteiger partial charge in [0, 0.05) is 6.54 Å². The summed E-state index contributed by atoms with van der Waals surface area (Å²) in [6.07, 6.45) is 0. The van der Waals surface area contributed by atoms with Crippen LogP contribution in [-0.2, 0) is 4.79 Å². The van der Waals surface area contributed by atoms with Crippen molar-refractivity contribution >= 4 is 45.5 Å². The molecule has 1 heterocycles. The summed E-state index contributed by atoms with van der Waals surface area (Å²) in [6.45, 7) is 0.295. The van der Waals surface area contributed by atoms with E-state index in [2.05, 4.69) is 0 Å². The summed E-state index contributed by atoms with van der Waals surface area (Å²) in [7, 11) is 0. The number of para-hydroxylation sites is 1. The minimum absolute atomic E-state index is 0.106. The number of nitrogens with zero attached hydrogens (tertiary/aromatic N) is 1. The summed E-state index contributed by atoms with van der Waals surface area (Å²) in [5.41, 5.74) is 8.46. The molecule has 0 aliphatic carbocycles. The van der Waals surface area contributed by atoms with E-state index in [-0.39, 0.29) is 5.91 Å². The minimum atomic E-state index is -0.106. The Hall–Kier alpha value is -1.95. The summed E-state index contributed by atoms with van der Waals surface area (Å²) in [5.74, 6) is -0.106. The van der Waals surface area contributed by atoms with Gasteiger partial charge in [-0.3, -0.25) is 9.69 Å². The Morgan fingerprint density at radius 3 is 2.23 bits per heavy atom. The Bertz CT molecular complexity index is 742. The molecule has 1 aliphatic rings. The zero-order valence-corrected chi connectivity index (χ0v) is 13.4. The fourth-order valence-electron chi connectivity index (χ4n) is 2.33. The lowest BCUT2D eigenvalue weighted by atomic mass is 10.1. The fraction of sp³-hybridized carbons (Fsp3) is 0.0588. The minimum Gasteiger partial charge on any atom is -0.326 e. The van der Waals surface area contributed by atoms with Gasteiger partial charge in [-0.25, -0.2) is 0 Å². The second kappa shape index (κ2) is 6.44. The van der Waals surface area contributed by atoms with Crippen LogP contribution in [-0.4, -0.2) is 16.8 Å². The number of benzene rings is 2. The molecule has 1 amide bonds. The van der Waals surface area contributed by atoms with Gasteiger partial charge < -0.3 is 5.73 Å². The highest BCUT2D eigenvalue weighted by Gasteiger charge is 2.35. The molecule has 0 spiro atoms. The molecule has 2 aromatic carbocycles. The first-order valence-corrected chi connectivity index (χ1v) is 8.05. The third-order valence-electron chi connectivity index (χ3n) is 3.38. The third-order valence-corrected chi connectivity index (χ3v) is 4.80. The Balaban J connectivity index is 2.05. The van der Waals surface area contributed by atoms with Crippen LogP contribution < -0.4 is 10.6 Å². The van der Waals surface area contributed by atoms with E-state index >= 15 is 0 Å². The van der Waals surface area contributed by atoms with Crippen molar-refractivity contribution in [1.82, 2.24) is 0 Å². The maximum atomic E-state index is 12.8. The number of amides is 1. The van der Waals surface area contributed by atoms with Crippen LogP contribution in [0, 0.1) is 0 Å². The lowest BCUT2D eigenvalue weighted by Gasteiger charge is -2.14. The Morgan fingerprint density at radius 1 is 1.05 bits per heavy atom. The van der Waals surface area contributed by atoms with Crippen molar-refractivity contribution < 1.29 is 4.79 Å². The molecule has 0 saturated carbocycles. The van der Waals surface area contributed by atoms with Crippen LogP contribution in [0.2, 0.25) is 0 Å². The average Bonchev–Trinajstić information content (AvgIpc) is 2.85. The van der Waals surface area contributed by atoms with E-state index in [9.17, 15) is 4.79 Å². The largest absolute Gasteiger partial charge is 0.326 e. The van der Waals surface area contributed by atoms with Crippen molar-refractivity contribution in [1.29, 1.82) is 0 Å². The van der Waals surface area contributed by atoms with Gasteiger partial charge in [-0.2, -0.15) is 0 Å². The Labute approximate surface area is 138 Å². The summed E-state index contributed by atoms with van der Waals surface area (Å²) in [4.78, 5) is 15.0. The van der Waals surface area contributed by atoms with E-state index in [1.165, 1.54) is 11.8 Å². The molecule has 0 unspecified atom stereocenters. The molecule has 1 saturated heterocycles. The van der Waals surface area contributed by atoms with Crippen molar-refractivity contribution in [2.75, 3.05) is 11.4 Å². The molecule has 3 rings (SSSR count). The number of carbonyl (C=O) groups is 1. The Kier molecular flexibility index (Phi) is 4.38. The molecule has 1 fully saturated rings. The van der Waals surface area contributed by atoms with Gasteiger partial charge in [0.1, 0.15) is 0 Å². The fourth-order valence-corrected chi connectivity index (χ4v) is 3.73. The maximum Gasteiger partial charge on any atom is 0.271 e. The van der Waals surface area contributed by atoms with Crippen LogP contribution in [0.25, 0.3) is 5.57 Å². The molecule has 0 radical (unpaired) electrons. The van der Waals surface area contributed by atoms with Crippen LogP contribution in [0.5, 0.6) is 0 Å². The molecule has 0 atom stereocenters. The number of carbonyl (C=O) groups excluding carboxylic acids is 1. The van der Waals surface area contributed by atoms with Crippen molar-refractivity contribution in [3.8, 4) is 0 Å². The summed E-state index contributed by atoms with van der Waals surface area (Å²) < 4.78 is 0.535. The average molecular weight is 326 g/mol. The topological polar surface area (TPSA) is 46.3 Å². The van der Waals surface area contributed by atoms with Crippen LogP contribution in [0.1, 0.15) is 5.56 Å². The first-order valence-electron chi connectivity index (χ1n) is 6.82. The van der Waals surface area contributed by atoms with Gasteiger partial charge in [0.05, 0.1) is 10.6 Å². The van der Waals surface area contributed by atoms with E-state index in [0.717, 1.165) is 16.8 Å². The van der Waals surface area contributed by atoms with Gasteiger partial charge in [0.25, 0.3) is 5.91 Å². The zero-order chi connectivity index (χ0) is 15.5. The van der Waals surface area contributed by atoms with Crippen molar-refractivity contribution in [2.45, 2.75) is 0 Å². The van der Waals surface area contributed by atoms with Gasteiger partial charge in [-0.1, -0.05) is 72.5 Å². The SMILES string of the molecule is NC/C(=C1\SC(=S)N(c2ccccc2)C1=O)c1ccccc1. The van der Waals surface area contributed by atoms with Crippen molar-refractivity contribution in [3.05, 3.63) is 71.1 Å². The molecule has 0 bridgehead atoms. The highest BCUT2D eigenvalue weighted by atomic mass is 32.2. The van der Waals surface area contributed by atoms with E-state index in [4.69, 9.17) is 18.0 Å². The predicted octanol–water partition coefficient (Wildman–Crippen LogP) is 3.42. The summed E-state index contributed by atoms with van der Waals surface area (Å²) >= 11 is 6.70. The highest BCUT2D eigenvalue weighted by Crippen LogP contribution is 2.38. The Morgan fingerprint density at radius 2 is 1.64 bits per heavy atom. The standard InChI is InChI=1S/C17H14N2OS2/c18-11-14(12-7-3-1-4-8-12)15-16(20)19(17(21)22-15)13-9-5-2-6-10-13/h1-10H,11,18H2/b15-14+. The highest BCUT2D eigenvalue weighted by molar-refractivity contribution is 8.27.